The number of rotatable bonds is 7. The van der Waals surface area contributed by atoms with Gasteiger partial charge in [0.2, 0.25) is 5.91 Å². The molecule has 5 nitrogen and oxygen atoms in total. The first kappa shape index (κ1) is 22.0. The Morgan fingerprint density at radius 3 is 2.64 bits per heavy atom. The second-order valence-electron chi connectivity index (χ2n) is 7.68. The summed E-state index contributed by atoms with van der Waals surface area (Å²) in [6, 6.07) is 0.266. The van der Waals surface area contributed by atoms with Crippen molar-refractivity contribution in [3.05, 3.63) is 17.0 Å². The Hall–Kier alpha value is -1.07. The van der Waals surface area contributed by atoms with E-state index in [1.165, 1.54) is 24.1 Å². The molecule has 0 aliphatic heterocycles. The van der Waals surface area contributed by atoms with Crippen LogP contribution >= 0.6 is 12.4 Å². The number of hydrogen-bond donors (Lipinski definition) is 2. The first-order valence-electron chi connectivity index (χ1n) is 9.44. The van der Waals surface area contributed by atoms with Crippen LogP contribution in [0.3, 0.4) is 0 Å². The molecule has 25 heavy (non-hydrogen) atoms. The number of nitrogens with one attached hydrogen (secondary N) is 1. The molecule has 1 heterocycles. The summed E-state index contributed by atoms with van der Waals surface area (Å²) in [5.41, 5.74) is 9.34. The van der Waals surface area contributed by atoms with E-state index in [4.69, 9.17) is 5.73 Å². The molecular weight excluding hydrogens is 336 g/mol. The van der Waals surface area contributed by atoms with Gasteiger partial charge in [0.25, 0.3) is 0 Å². The molecule has 144 valence electrons. The topological polar surface area (TPSA) is 72.9 Å². The molecule has 6 heteroatoms. The summed E-state index contributed by atoms with van der Waals surface area (Å²) in [7, 11) is 0. The number of carbonyl (C=O) groups is 1. The molecule has 1 saturated carbocycles. The van der Waals surface area contributed by atoms with E-state index in [1.807, 2.05) is 6.92 Å². The number of nitrogens with two attached hydrogens (primary N) is 1. The van der Waals surface area contributed by atoms with Crippen LogP contribution in [0.5, 0.6) is 0 Å². The molecule has 1 amide bonds. The van der Waals surface area contributed by atoms with Crippen molar-refractivity contribution in [1.82, 2.24) is 15.1 Å². The lowest BCUT2D eigenvalue weighted by Gasteiger charge is -2.31. The molecule has 1 aromatic heterocycles. The van der Waals surface area contributed by atoms with Crippen LogP contribution in [-0.4, -0.2) is 28.3 Å². The minimum atomic E-state index is 0. The Morgan fingerprint density at radius 1 is 1.32 bits per heavy atom. The normalized spacial score (nSPS) is 20.4. The molecule has 0 spiro atoms. The highest BCUT2D eigenvalue weighted by atomic mass is 35.5. The second-order valence-corrected chi connectivity index (χ2v) is 7.68. The van der Waals surface area contributed by atoms with Crippen molar-refractivity contribution in [2.45, 2.75) is 78.8 Å². The van der Waals surface area contributed by atoms with E-state index in [0.717, 1.165) is 31.5 Å². The third-order valence-electron chi connectivity index (χ3n) is 5.23. The smallest absolute Gasteiger partial charge is 0.220 e. The summed E-state index contributed by atoms with van der Waals surface area (Å²) in [6.45, 7) is 10.2. The lowest BCUT2D eigenvalue weighted by Crippen LogP contribution is -2.44. The SMILES string of the molecule is Cc1nn(CC(C)C)c(C)c1CCC(=O)NC1CCCCC1CN.Cl. The fourth-order valence-corrected chi connectivity index (χ4v) is 3.82. The van der Waals surface area contributed by atoms with Crippen molar-refractivity contribution >= 4 is 18.3 Å². The minimum absolute atomic E-state index is 0. The molecule has 2 rings (SSSR count). The number of carbonyl (C=O) groups excluding carboxylic acids is 1. The van der Waals surface area contributed by atoms with Gasteiger partial charge in [0.05, 0.1) is 5.69 Å². The van der Waals surface area contributed by atoms with E-state index in [9.17, 15) is 4.79 Å². The summed E-state index contributed by atoms with van der Waals surface area (Å²) in [6.07, 6.45) is 5.94. The zero-order valence-corrected chi connectivity index (χ0v) is 17.0. The van der Waals surface area contributed by atoms with E-state index in [-0.39, 0.29) is 24.4 Å². The van der Waals surface area contributed by atoms with Crippen LogP contribution < -0.4 is 11.1 Å². The van der Waals surface area contributed by atoms with Crippen molar-refractivity contribution in [2.75, 3.05) is 6.54 Å². The van der Waals surface area contributed by atoms with Gasteiger partial charge >= 0.3 is 0 Å². The Balaban J connectivity index is 0.00000312. The van der Waals surface area contributed by atoms with Gasteiger partial charge in [0.1, 0.15) is 0 Å². The maximum atomic E-state index is 12.4. The number of hydrogen-bond acceptors (Lipinski definition) is 3. The summed E-state index contributed by atoms with van der Waals surface area (Å²) in [5.74, 6) is 1.16. The van der Waals surface area contributed by atoms with E-state index in [1.54, 1.807) is 0 Å². The van der Waals surface area contributed by atoms with Crippen molar-refractivity contribution < 1.29 is 4.79 Å². The van der Waals surface area contributed by atoms with Gasteiger partial charge in [-0.25, -0.2) is 0 Å². The summed E-state index contributed by atoms with van der Waals surface area (Å²) in [4.78, 5) is 12.4. The van der Waals surface area contributed by atoms with Gasteiger partial charge in [0, 0.05) is 24.7 Å². The monoisotopic (exact) mass is 370 g/mol. The second kappa shape index (κ2) is 10.2. The molecule has 1 aromatic rings. The van der Waals surface area contributed by atoms with Gasteiger partial charge in [-0.3, -0.25) is 9.48 Å². The highest BCUT2D eigenvalue weighted by molar-refractivity contribution is 5.85. The Labute approximate surface area is 158 Å². The van der Waals surface area contributed by atoms with Gasteiger partial charge in [-0.2, -0.15) is 5.10 Å². The zero-order chi connectivity index (χ0) is 17.7. The third kappa shape index (κ3) is 6.00. The predicted molar refractivity (Wildman–Crippen MR) is 105 cm³/mol. The van der Waals surface area contributed by atoms with Crippen molar-refractivity contribution in [3.63, 3.8) is 0 Å². The Bertz CT molecular complexity index is 556. The molecule has 0 saturated heterocycles. The van der Waals surface area contributed by atoms with E-state index in [2.05, 4.69) is 35.9 Å². The number of halogens is 1. The van der Waals surface area contributed by atoms with E-state index in [0.29, 0.717) is 24.8 Å². The van der Waals surface area contributed by atoms with Gasteiger partial charge in [-0.05, 0) is 57.1 Å². The number of aryl methyl sites for hydroxylation is 1. The fraction of sp³-hybridized carbons (Fsp3) is 0.789. The van der Waals surface area contributed by atoms with Crippen LogP contribution in [0.2, 0.25) is 0 Å². The standard InChI is InChI=1S/C19H34N4O.ClH/c1-13(2)12-23-15(4)17(14(3)22-23)9-10-19(24)21-18-8-6-5-7-16(18)11-20;/h13,16,18H,5-12,20H2,1-4H3,(H,21,24);1H. The highest BCUT2D eigenvalue weighted by Crippen LogP contribution is 2.24. The highest BCUT2D eigenvalue weighted by Gasteiger charge is 2.25. The number of amides is 1. The molecule has 1 fully saturated rings. The van der Waals surface area contributed by atoms with Gasteiger partial charge in [0.15, 0.2) is 0 Å². The van der Waals surface area contributed by atoms with Crippen molar-refractivity contribution in [1.29, 1.82) is 0 Å². The van der Waals surface area contributed by atoms with Crippen LogP contribution in [0.4, 0.5) is 0 Å². The summed E-state index contributed by atoms with van der Waals surface area (Å²) in [5, 5.41) is 7.86. The van der Waals surface area contributed by atoms with E-state index < -0.39 is 0 Å². The number of nitrogens with zero attached hydrogens (tertiary/aromatic N) is 2. The lowest BCUT2D eigenvalue weighted by atomic mass is 9.84. The fourth-order valence-electron chi connectivity index (χ4n) is 3.82. The van der Waals surface area contributed by atoms with Gasteiger partial charge < -0.3 is 11.1 Å². The quantitative estimate of drug-likeness (QED) is 0.774. The average Bonchev–Trinajstić information content (AvgIpc) is 2.79. The zero-order valence-electron chi connectivity index (χ0n) is 16.2. The van der Waals surface area contributed by atoms with Crippen LogP contribution in [0.15, 0.2) is 0 Å². The summed E-state index contributed by atoms with van der Waals surface area (Å²) < 4.78 is 2.08. The van der Waals surface area contributed by atoms with Gasteiger partial charge in [-0.15, -0.1) is 12.4 Å². The molecule has 1 aliphatic rings. The molecule has 0 aromatic carbocycles. The maximum Gasteiger partial charge on any atom is 0.220 e. The van der Waals surface area contributed by atoms with Crippen LogP contribution in [-0.2, 0) is 17.8 Å². The maximum absolute atomic E-state index is 12.4. The first-order valence-corrected chi connectivity index (χ1v) is 9.44. The molecule has 3 N–H and O–H groups in total. The average molecular weight is 371 g/mol. The summed E-state index contributed by atoms with van der Waals surface area (Å²) >= 11 is 0. The first-order chi connectivity index (χ1) is 11.4. The van der Waals surface area contributed by atoms with Crippen LogP contribution in [0.1, 0.15) is 62.9 Å². The minimum Gasteiger partial charge on any atom is -0.353 e. The van der Waals surface area contributed by atoms with Gasteiger partial charge in [-0.1, -0.05) is 26.7 Å². The third-order valence-corrected chi connectivity index (χ3v) is 5.23. The Morgan fingerprint density at radius 2 is 2.00 bits per heavy atom. The van der Waals surface area contributed by atoms with Crippen LogP contribution in [0, 0.1) is 25.7 Å². The van der Waals surface area contributed by atoms with E-state index >= 15 is 0 Å². The molecule has 0 radical (unpaired) electrons. The Kier molecular flexibility index (Phi) is 8.94. The largest absolute Gasteiger partial charge is 0.353 e. The van der Waals surface area contributed by atoms with Crippen molar-refractivity contribution in [3.8, 4) is 0 Å². The molecule has 2 unspecified atom stereocenters. The van der Waals surface area contributed by atoms with Crippen molar-refractivity contribution in [2.24, 2.45) is 17.6 Å². The molecular formula is C19H35ClN4O. The predicted octanol–water partition coefficient (Wildman–Crippen LogP) is 3.14. The lowest BCUT2D eigenvalue weighted by molar-refractivity contribution is -0.122. The molecule has 0 bridgehead atoms. The number of aromatic nitrogens is 2. The van der Waals surface area contributed by atoms with Crippen LogP contribution in [0.25, 0.3) is 0 Å². The molecule has 2 atom stereocenters. The molecule has 1 aliphatic carbocycles.